The van der Waals surface area contributed by atoms with E-state index in [1.54, 1.807) is 11.8 Å². The van der Waals surface area contributed by atoms with Gasteiger partial charge in [-0.1, -0.05) is 12.1 Å². The fourth-order valence-corrected chi connectivity index (χ4v) is 2.77. The van der Waals surface area contributed by atoms with Crippen LogP contribution in [0.25, 0.3) is 5.69 Å². The molecule has 104 valence electrons. The molecule has 5 heteroatoms. The predicted molar refractivity (Wildman–Crippen MR) is 73.3 cm³/mol. The van der Waals surface area contributed by atoms with Crippen molar-refractivity contribution in [3.05, 3.63) is 46.8 Å². The molecule has 0 aliphatic heterocycles. The Morgan fingerprint density at radius 2 is 2.30 bits per heavy atom. The van der Waals surface area contributed by atoms with E-state index in [4.69, 9.17) is 4.74 Å². The highest BCUT2D eigenvalue weighted by atomic mass is 16.5. The molecular weight excluding hydrogens is 256 g/mol. The van der Waals surface area contributed by atoms with Crippen LogP contribution in [0.5, 0.6) is 0 Å². The Hall–Kier alpha value is -2.14. The first-order valence-corrected chi connectivity index (χ1v) is 6.63. The average molecular weight is 272 g/mol. The molecule has 1 aliphatic rings. The van der Waals surface area contributed by atoms with E-state index in [9.17, 15) is 9.90 Å². The summed E-state index contributed by atoms with van der Waals surface area (Å²) in [5, 5.41) is 13.5. The van der Waals surface area contributed by atoms with Crippen LogP contribution in [0.4, 0.5) is 0 Å². The van der Waals surface area contributed by atoms with Gasteiger partial charge in [0.1, 0.15) is 0 Å². The van der Waals surface area contributed by atoms with Crippen LogP contribution in [0.2, 0.25) is 0 Å². The van der Waals surface area contributed by atoms with E-state index < -0.39 is 5.97 Å². The third-order valence-electron chi connectivity index (χ3n) is 3.60. The molecule has 20 heavy (non-hydrogen) atoms. The number of aromatic nitrogens is 2. The molecule has 0 unspecified atom stereocenters. The van der Waals surface area contributed by atoms with Crippen LogP contribution >= 0.6 is 0 Å². The molecule has 1 aromatic heterocycles. The number of fused-ring (bicyclic) bond motifs is 1. The lowest BCUT2D eigenvalue weighted by atomic mass is 10.2. The van der Waals surface area contributed by atoms with Crippen molar-refractivity contribution in [3.8, 4) is 5.69 Å². The lowest BCUT2D eigenvalue weighted by Crippen LogP contribution is -2.05. The SMILES string of the molecule is COCc1cccc(-n2nc(C(=O)O)c3c2CCC3)c1. The topological polar surface area (TPSA) is 64.4 Å². The van der Waals surface area contributed by atoms with Crippen molar-refractivity contribution in [2.75, 3.05) is 7.11 Å². The number of carbonyl (C=O) groups is 1. The maximum absolute atomic E-state index is 11.3. The summed E-state index contributed by atoms with van der Waals surface area (Å²) < 4.78 is 6.90. The summed E-state index contributed by atoms with van der Waals surface area (Å²) in [4.78, 5) is 11.3. The Bertz CT molecular complexity index is 661. The van der Waals surface area contributed by atoms with Crippen LogP contribution < -0.4 is 0 Å². The minimum atomic E-state index is -0.949. The molecule has 1 heterocycles. The largest absolute Gasteiger partial charge is 0.476 e. The summed E-state index contributed by atoms with van der Waals surface area (Å²) in [6, 6.07) is 7.85. The molecule has 5 nitrogen and oxygen atoms in total. The quantitative estimate of drug-likeness (QED) is 0.926. The van der Waals surface area contributed by atoms with Crippen LogP contribution in [0.1, 0.15) is 33.7 Å². The smallest absolute Gasteiger partial charge is 0.356 e. The van der Waals surface area contributed by atoms with Crippen molar-refractivity contribution >= 4 is 5.97 Å². The average Bonchev–Trinajstić information content (AvgIpc) is 3.00. The van der Waals surface area contributed by atoms with Crippen LogP contribution in [-0.2, 0) is 24.2 Å². The molecule has 1 aromatic carbocycles. The zero-order valence-electron chi connectivity index (χ0n) is 11.3. The molecule has 0 atom stereocenters. The van der Waals surface area contributed by atoms with Crippen molar-refractivity contribution < 1.29 is 14.6 Å². The standard InChI is InChI=1S/C15H16N2O3/c1-20-9-10-4-2-5-11(8-10)17-13-7-3-6-12(13)14(16-17)15(18)19/h2,4-5,8H,3,6-7,9H2,1H3,(H,18,19). The number of ether oxygens (including phenoxy) is 1. The lowest BCUT2D eigenvalue weighted by molar-refractivity contribution is 0.0689. The second kappa shape index (κ2) is 5.09. The summed E-state index contributed by atoms with van der Waals surface area (Å²) >= 11 is 0. The van der Waals surface area contributed by atoms with E-state index in [1.165, 1.54) is 0 Å². The Labute approximate surface area is 116 Å². The van der Waals surface area contributed by atoms with Crippen molar-refractivity contribution in [1.82, 2.24) is 9.78 Å². The number of aromatic carboxylic acids is 1. The van der Waals surface area contributed by atoms with Crippen LogP contribution in [0.3, 0.4) is 0 Å². The molecule has 0 amide bonds. The molecule has 0 radical (unpaired) electrons. The summed E-state index contributed by atoms with van der Waals surface area (Å²) in [5.74, 6) is -0.949. The normalized spacial score (nSPS) is 13.4. The van der Waals surface area contributed by atoms with E-state index in [0.29, 0.717) is 6.61 Å². The minimum absolute atomic E-state index is 0.189. The zero-order valence-corrected chi connectivity index (χ0v) is 11.3. The predicted octanol–water partition coefficient (Wildman–Crippen LogP) is 2.21. The van der Waals surface area contributed by atoms with Gasteiger partial charge in [-0.05, 0) is 37.0 Å². The molecule has 1 aliphatic carbocycles. The second-order valence-corrected chi connectivity index (χ2v) is 4.95. The van der Waals surface area contributed by atoms with E-state index in [2.05, 4.69) is 5.10 Å². The maximum atomic E-state index is 11.3. The highest BCUT2D eigenvalue weighted by Crippen LogP contribution is 2.28. The highest BCUT2D eigenvalue weighted by molar-refractivity contribution is 5.87. The first-order chi connectivity index (χ1) is 9.70. The van der Waals surface area contributed by atoms with Gasteiger partial charge in [0.15, 0.2) is 5.69 Å². The summed E-state index contributed by atoms with van der Waals surface area (Å²) in [5.41, 5.74) is 4.04. The summed E-state index contributed by atoms with van der Waals surface area (Å²) in [6.07, 6.45) is 2.67. The third kappa shape index (κ3) is 2.10. The van der Waals surface area contributed by atoms with Gasteiger partial charge >= 0.3 is 5.97 Å². The Kier molecular flexibility index (Phi) is 3.28. The van der Waals surface area contributed by atoms with E-state index in [-0.39, 0.29) is 5.69 Å². The van der Waals surface area contributed by atoms with Crippen molar-refractivity contribution in [2.45, 2.75) is 25.9 Å². The van der Waals surface area contributed by atoms with Gasteiger partial charge in [-0.2, -0.15) is 5.10 Å². The maximum Gasteiger partial charge on any atom is 0.356 e. The minimum Gasteiger partial charge on any atom is -0.476 e. The number of methoxy groups -OCH3 is 1. The van der Waals surface area contributed by atoms with Crippen molar-refractivity contribution in [3.63, 3.8) is 0 Å². The van der Waals surface area contributed by atoms with Gasteiger partial charge in [-0.25, -0.2) is 9.48 Å². The van der Waals surface area contributed by atoms with Crippen LogP contribution in [-0.4, -0.2) is 28.0 Å². The second-order valence-electron chi connectivity index (χ2n) is 4.95. The molecular formula is C15H16N2O3. The fourth-order valence-electron chi connectivity index (χ4n) is 2.77. The number of hydrogen-bond acceptors (Lipinski definition) is 3. The fraction of sp³-hybridized carbons (Fsp3) is 0.333. The number of rotatable bonds is 4. The van der Waals surface area contributed by atoms with Gasteiger partial charge in [-0.3, -0.25) is 0 Å². The number of benzene rings is 1. The van der Waals surface area contributed by atoms with Gasteiger partial charge in [-0.15, -0.1) is 0 Å². The number of carboxylic acids is 1. The van der Waals surface area contributed by atoms with Gasteiger partial charge < -0.3 is 9.84 Å². The van der Waals surface area contributed by atoms with Gasteiger partial charge in [0.2, 0.25) is 0 Å². The number of carboxylic acid groups (broad SMARTS) is 1. The monoisotopic (exact) mass is 272 g/mol. The van der Waals surface area contributed by atoms with Crippen molar-refractivity contribution in [2.24, 2.45) is 0 Å². The van der Waals surface area contributed by atoms with E-state index >= 15 is 0 Å². The molecule has 2 aromatic rings. The van der Waals surface area contributed by atoms with Crippen LogP contribution in [0.15, 0.2) is 24.3 Å². The zero-order chi connectivity index (χ0) is 14.1. The van der Waals surface area contributed by atoms with Gasteiger partial charge in [0, 0.05) is 18.4 Å². The summed E-state index contributed by atoms with van der Waals surface area (Å²) in [6.45, 7) is 0.531. The highest BCUT2D eigenvalue weighted by Gasteiger charge is 2.26. The molecule has 1 N–H and O–H groups in total. The van der Waals surface area contributed by atoms with Crippen molar-refractivity contribution in [1.29, 1.82) is 0 Å². The first kappa shape index (κ1) is 12.9. The Morgan fingerprint density at radius 1 is 1.45 bits per heavy atom. The molecule has 0 fully saturated rings. The van der Waals surface area contributed by atoms with E-state index in [1.807, 2.05) is 24.3 Å². The third-order valence-corrected chi connectivity index (χ3v) is 3.60. The molecule has 0 spiro atoms. The first-order valence-electron chi connectivity index (χ1n) is 6.63. The molecule has 3 rings (SSSR count). The molecule has 0 bridgehead atoms. The lowest BCUT2D eigenvalue weighted by Gasteiger charge is -2.07. The Balaban J connectivity index is 2.08. The molecule has 0 saturated carbocycles. The molecule has 0 saturated heterocycles. The Morgan fingerprint density at radius 3 is 3.05 bits per heavy atom. The van der Waals surface area contributed by atoms with Crippen LogP contribution in [0, 0.1) is 0 Å². The summed E-state index contributed by atoms with van der Waals surface area (Å²) in [7, 11) is 1.65. The van der Waals surface area contributed by atoms with E-state index in [0.717, 1.165) is 41.8 Å². The number of hydrogen-bond donors (Lipinski definition) is 1. The van der Waals surface area contributed by atoms with Gasteiger partial charge in [0.05, 0.1) is 12.3 Å². The van der Waals surface area contributed by atoms with Gasteiger partial charge in [0.25, 0.3) is 0 Å². The number of nitrogens with zero attached hydrogens (tertiary/aromatic N) is 2.